The van der Waals surface area contributed by atoms with Crippen LogP contribution in [-0.2, 0) is 16.0 Å². The van der Waals surface area contributed by atoms with Crippen molar-refractivity contribution in [2.24, 2.45) is 5.92 Å². The first-order chi connectivity index (χ1) is 11.6. The molecule has 6 nitrogen and oxygen atoms in total. The monoisotopic (exact) mass is 324 g/mol. The smallest absolute Gasteiger partial charge is 0.232 e. The van der Waals surface area contributed by atoms with Gasteiger partial charge in [-0.25, -0.2) is 0 Å². The quantitative estimate of drug-likeness (QED) is 0.799. The highest BCUT2D eigenvalue weighted by Crippen LogP contribution is 2.32. The summed E-state index contributed by atoms with van der Waals surface area (Å²) >= 11 is 0. The van der Waals surface area contributed by atoms with Crippen LogP contribution in [0, 0.1) is 17.2 Å². The molecule has 3 aliphatic heterocycles. The Morgan fingerprint density at radius 3 is 2.79 bits per heavy atom. The Bertz CT molecular complexity index is 748. The minimum Gasteiger partial charge on any atom is -0.336 e. The number of benzene rings is 1. The molecule has 2 fully saturated rings. The molecule has 0 aromatic heterocycles. The molecule has 6 heteroatoms. The van der Waals surface area contributed by atoms with Crippen LogP contribution in [0.3, 0.4) is 0 Å². The molecule has 0 radical (unpaired) electrons. The maximum atomic E-state index is 12.9. The fraction of sp³-hybridized carbons (Fsp3) is 0.500. The second-order valence-corrected chi connectivity index (χ2v) is 7.02. The van der Waals surface area contributed by atoms with Crippen LogP contribution >= 0.6 is 0 Å². The number of hydrogen-bond donors (Lipinski definition) is 0. The van der Waals surface area contributed by atoms with Gasteiger partial charge in [0.2, 0.25) is 11.8 Å². The summed E-state index contributed by atoms with van der Waals surface area (Å²) in [7, 11) is 2.04. The Hall–Kier alpha value is -2.39. The number of amides is 2. The van der Waals surface area contributed by atoms with Crippen LogP contribution in [0.2, 0.25) is 0 Å². The predicted molar refractivity (Wildman–Crippen MR) is 88.3 cm³/mol. The lowest BCUT2D eigenvalue weighted by molar-refractivity contribution is -0.132. The van der Waals surface area contributed by atoms with Crippen LogP contribution < -0.4 is 4.90 Å². The van der Waals surface area contributed by atoms with Crippen molar-refractivity contribution < 1.29 is 9.59 Å². The maximum absolute atomic E-state index is 12.9. The third-order valence-corrected chi connectivity index (χ3v) is 5.36. The number of likely N-dealkylation sites (N-methyl/N-ethyl adjacent to an activating group) is 1. The Kier molecular flexibility index (Phi) is 3.54. The highest BCUT2D eigenvalue weighted by atomic mass is 16.2. The zero-order valence-corrected chi connectivity index (χ0v) is 13.7. The highest BCUT2D eigenvalue weighted by Gasteiger charge is 2.43. The van der Waals surface area contributed by atoms with E-state index >= 15 is 0 Å². The van der Waals surface area contributed by atoms with E-state index in [0.29, 0.717) is 25.1 Å². The molecule has 2 amide bonds. The molecule has 3 aliphatic rings. The van der Waals surface area contributed by atoms with Crippen molar-refractivity contribution in [1.82, 2.24) is 9.80 Å². The molecule has 2 saturated heterocycles. The third-order valence-electron chi connectivity index (χ3n) is 5.36. The normalized spacial score (nSPS) is 24.0. The van der Waals surface area contributed by atoms with Gasteiger partial charge in [-0.1, -0.05) is 0 Å². The van der Waals surface area contributed by atoms with Crippen LogP contribution in [-0.4, -0.2) is 60.9 Å². The van der Waals surface area contributed by atoms with Crippen LogP contribution in [0.25, 0.3) is 0 Å². The topological polar surface area (TPSA) is 67.7 Å². The van der Waals surface area contributed by atoms with Gasteiger partial charge in [0.25, 0.3) is 0 Å². The lowest BCUT2D eigenvalue weighted by Crippen LogP contribution is -2.58. The lowest BCUT2D eigenvalue weighted by Gasteiger charge is -2.42. The van der Waals surface area contributed by atoms with Gasteiger partial charge in [0.1, 0.15) is 0 Å². The summed E-state index contributed by atoms with van der Waals surface area (Å²) in [6, 6.07) is 7.87. The van der Waals surface area contributed by atoms with E-state index < -0.39 is 0 Å². The first kappa shape index (κ1) is 15.2. The number of nitrogens with zero attached hydrogens (tertiary/aromatic N) is 4. The minimum atomic E-state index is -0.245. The van der Waals surface area contributed by atoms with E-state index in [-0.39, 0.29) is 23.8 Å². The van der Waals surface area contributed by atoms with E-state index in [1.807, 2.05) is 24.1 Å². The van der Waals surface area contributed by atoms with Crippen LogP contribution in [0.15, 0.2) is 18.2 Å². The fourth-order valence-corrected chi connectivity index (χ4v) is 4.03. The van der Waals surface area contributed by atoms with Gasteiger partial charge in [-0.3, -0.25) is 9.59 Å². The van der Waals surface area contributed by atoms with Crippen LogP contribution in [0.4, 0.5) is 5.69 Å². The SMILES string of the molecule is CN1CC(N2CC(C(=O)N3CCc4cc(C#N)ccc43)CC2=O)C1. The summed E-state index contributed by atoms with van der Waals surface area (Å²) in [6.45, 7) is 2.98. The van der Waals surface area contributed by atoms with Gasteiger partial charge >= 0.3 is 0 Å². The number of nitriles is 1. The van der Waals surface area contributed by atoms with E-state index in [1.165, 1.54) is 0 Å². The molecule has 0 N–H and O–H groups in total. The van der Waals surface area contributed by atoms with Crippen molar-refractivity contribution in [3.8, 4) is 6.07 Å². The lowest BCUT2D eigenvalue weighted by atomic mass is 10.1. The zero-order valence-electron chi connectivity index (χ0n) is 13.7. The molecule has 4 rings (SSSR count). The first-order valence-corrected chi connectivity index (χ1v) is 8.39. The minimum absolute atomic E-state index is 0.0435. The van der Waals surface area contributed by atoms with Gasteiger partial charge in [-0.05, 0) is 37.2 Å². The van der Waals surface area contributed by atoms with Crippen molar-refractivity contribution >= 4 is 17.5 Å². The van der Waals surface area contributed by atoms with Gasteiger partial charge in [0, 0.05) is 38.3 Å². The van der Waals surface area contributed by atoms with E-state index in [2.05, 4.69) is 11.0 Å². The summed E-state index contributed by atoms with van der Waals surface area (Å²) in [6.07, 6.45) is 1.09. The van der Waals surface area contributed by atoms with Crippen molar-refractivity contribution in [1.29, 1.82) is 5.26 Å². The fourth-order valence-electron chi connectivity index (χ4n) is 4.03. The molecule has 124 valence electrons. The molecule has 1 aromatic carbocycles. The summed E-state index contributed by atoms with van der Waals surface area (Å²) in [5, 5.41) is 9.00. The number of carbonyl (C=O) groups is 2. The van der Waals surface area contributed by atoms with Crippen molar-refractivity contribution in [3.63, 3.8) is 0 Å². The second-order valence-electron chi connectivity index (χ2n) is 7.02. The average molecular weight is 324 g/mol. The highest BCUT2D eigenvalue weighted by molar-refractivity contribution is 6.00. The number of fused-ring (bicyclic) bond motifs is 1. The molecular formula is C18H20N4O2. The summed E-state index contributed by atoms with van der Waals surface area (Å²) in [5.41, 5.74) is 2.57. The summed E-state index contributed by atoms with van der Waals surface area (Å²) < 4.78 is 0. The largest absolute Gasteiger partial charge is 0.336 e. The molecular weight excluding hydrogens is 304 g/mol. The van der Waals surface area contributed by atoms with Gasteiger partial charge in [0.15, 0.2) is 0 Å². The van der Waals surface area contributed by atoms with E-state index in [4.69, 9.17) is 5.26 Å². The first-order valence-electron chi connectivity index (χ1n) is 8.39. The zero-order chi connectivity index (χ0) is 16.8. The Balaban J connectivity index is 1.48. The van der Waals surface area contributed by atoms with Gasteiger partial charge in [-0.15, -0.1) is 0 Å². The van der Waals surface area contributed by atoms with E-state index in [1.54, 1.807) is 11.0 Å². The number of hydrogen-bond acceptors (Lipinski definition) is 4. The molecule has 1 unspecified atom stereocenters. The Morgan fingerprint density at radius 2 is 2.08 bits per heavy atom. The van der Waals surface area contributed by atoms with E-state index in [0.717, 1.165) is 30.8 Å². The maximum Gasteiger partial charge on any atom is 0.232 e. The number of carbonyl (C=O) groups excluding carboxylic acids is 2. The van der Waals surface area contributed by atoms with E-state index in [9.17, 15) is 9.59 Å². The second kappa shape index (κ2) is 5.60. The molecule has 24 heavy (non-hydrogen) atoms. The van der Waals surface area contributed by atoms with Gasteiger partial charge in [0.05, 0.1) is 23.6 Å². The number of rotatable bonds is 2. The Morgan fingerprint density at radius 1 is 1.29 bits per heavy atom. The third kappa shape index (κ3) is 2.36. The average Bonchev–Trinajstić information content (AvgIpc) is 3.14. The number of likely N-dealkylation sites (tertiary alicyclic amines) is 2. The van der Waals surface area contributed by atoms with Gasteiger partial charge < -0.3 is 14.7 Å². The van der Waals surface area contributed by atoms with Crippen LogP contribution in [0.1, 0.15) is 17.5 Å². The molecule has 1 aromatic rings. The van der Waals surface area contributed by atoms with Crippen molar-refractivity contribution in [3.05, 3.63) is 29.3 Å². The molecule has 0 saturated carbocycles. The van der Waals surface area contributed by atoms with Crippen molar-refractivity contribution in [2.75, 3.05) is 38.1 Å². The molecule has 0 bridgehead atoms. The molecule has 0 spiro atoms. The summed E-state index contributed by atoms with van der Waals surface area (Å²) in [4.78, 5) is 31.1. The number of anilines is 1. The molecule has 0 aliphatic carbocycles. The molecule has 1 atom stereocenters. The summed E-state index contributed by atoms with van der Waals surface area (Å²) in [5.74, 6) is -0.0994. The van der Waals surface area contributed by atoms with Crippen LogP contribution in [0.5, 0.6) is 0 Å². The molecule has 3 heterocycles. The van der Waals surface area contributed by atoms with Gasteiger partial charge in [-0.2, -0.15) is 5.26 Å². The Labute approximate surface area is 141 Å². The van der Waals surface area contributed by atoms with Crippen molar-refractivity contribution in [2.45, 2.75) is 18.9 Å². The standard InChI is InChI=1S/C18H20N4O2/c1-20-10-15(11-20)22-9-14(7-17(22)23)18(24)21-5-4-13-6-12(8-19)2-3-16(13)21/h2-3,6,14-15H,4-5,7,9-11H2,1H3. The predicted octanol–water partition coefficient (Wildman–Crippen LogP) is 0.610.